The van der Waals surface area contributed by atoms with Gasteiger partial charge in [0.1, 0.15) is 41.1 Å². The lowest BCUT2D eigenvalue weighted by Gasteiger charge is -2.19. The van der Waals surface area contributed by atoms with Gasteiger partial charge in [0.15, 0.2) is 5.78 Å². The summed E-state index contributed by atoms with van der Waals surface area (Å²) in [4.78, 5) is 24.4. The summed E-state index contributed by atoms with van der Waals surface area (Å²) in [6, 6.07) is 9.53. The van der Waals surface area contributed by atoms with Crippen LogP contribution in [0, 0.1) is 17.6 Å². The predicted molar refractivity (Wildman–Crippen MR) is 170 cm³/mol. The van der Waals surface area contributed by atoms with Crippen LogP contribution in [0.1, 0.15) is 85.3 Å². The highest BCUT2D eigenvalue weighted by atomic mass is 19.1. The van der Waals surface area contributed by atoms with Gasteiger partial charge in [0.2, 0.25) is 0 Å². The number of ether oxygens (including phenoxy) is 2. The van der Waals surface area contributed by atoms with Crippen molar-refractivity contribution in [2.24, 2.45) is 5.92 Å². The molecule has 0 aliphatic heterocycles. The molecule has 0 saturated carbocycles. The minimum atomic E-state index is -0.414. The van der Waals surface area contributed by atoms with Crippen molar-refractivity contribution in [2.75, 3.05) is 13.1 Å². The highest BCUT2D eigenvalue weighted by Crippen LogP contribution is 2.21. The molecule has 2 aromatic carbocycles. The van der Waals surface area contributed by atoms with Crippen LogP contribution in [0.25, 0.3) is 6.08 Å². The minimum absolute atomic E-state index is 0.0258. The van der Waals surface area contributed by atoms with Crippen molar-refractivity contribution in [3.8, 4) is 11.5 Å². The van der Waals surface area contributed by atoms with Gasteiger partial charge in [-0.15, -0.1) is 0 Å². The molecule has 1 unspecified atom stereocenters. The molecule has 0 aromatic heterocycles. The summed E-state index contributed by atoms with van der Waals surface area (Å²) in [5.74, 6) is 0.173. The van der Waals surface area contributed by atoms with Crippen molar-refractivity contribution in [3.05, 3.63) is 65.2 Å². The molecule has 0 bridgehead atoms. The lowest BCUT2D eigenvalue weighted by atomic mass is 10.0. The normalized spacial score (nSPS) is 13.8. The van der Waals surface area contributed by atoms with Crippen LogP contribution < -0.4 is 20.1 Å². The molecule has 2 N–H and O–H groups in total. The zero-order chi connectivity index (χ0) is 31.9. The number of hydrogen-bond donors (Lipinski definition) is 2. The maximum atomic E-state index is 14.1. The molecule has 2 rings (SSSR count). The number of allylic oxidation sites excluding steroid dienone is 1. The number of halogens is 2. The molecule has 0 fully saturated rings. The van der Waals surface area contributed by atoms with Gasteiger partial charge in [-0.3, -0.25) is 9.59 Å². The fourth-order valence-corrected chi connectivity index (χ4v) is 4.41. The van der Waals surface area contributed by atoms with Crippen molar-refractivity contribution in [2.45, 2.75) is 105 Å². The van der Waals surface area contributed by atoms with Gasteiger partial charge in [0.05, 0.1) is 0 Å². The van der Waals surface area contributed by atoms with Crippen LogP contribution in [0.4, 0.5) is 8.78 Å². The largest absolute Gasteiger partial charge is 0.489 e. The van der Waals surface area contributed by atoms with E-state index in [9.17, 15) is 18.4 Å². The SMILES string of the molecule is CC(C)NC[C@@H](C)Oc1cc(F)cc(/C=C/C(=O)CCCC(C)NC[C@@H](C)Oc2cc(F)cc(CCC(=O)C(C)C)c2)c1. The van der Waals surface area contributed by atoms with Crippen LogP contribution in [0.5, 0.6) is 11.5 Å². The molecule has 0 aliphatic carbocycles. The van der Waals surface area contributed by atoms with Crippen molar-refractivity contribution < 1.29 is 27.8 Å². The molecule has 0 amide bonds. The van der Waals surface area contributed by atoms with Crippen molar-refractivity contribution >= 4 is 17.6 Å². The van der Waals surface area contributed by atoms with Gasteiger partial charge in [0.25, 0.3) is 0 Å². The number of carbonyl (C=O) groups is 2. The Labute approximate surface area is 256 Å². The molecule has 0 heterocycles. The second-order valence-corrected chi connectivity index (χ2v) is 12.1. The van der Waals surface area contributed by atoms with E-state index in [0.29, 0.717) is 61.9 Å². The van der Waals surface area contributed by atoms with Crippen molar-refractivity contribution in [1.82, 2.24) is 10.6 Å². The maximum absolute atomic E-state index is 14.1. The summed E-state index contributed by atoms with van der Waals surface area (Å²) in [5.41, 5.74) is 1.32. The van der Waals surface area contributed by atoms with Crippen LogP contribution in [0.3, 0.4) is 0 Å². The van der Waals surface area contributed by atoms with Gasteiger partial charge in [-0.25, -0.2) is 8.78 Å². The molecule has 6 nitrogen and oxygen atoms in total. The second kappa shape index (κ2) is 18.5. The van der Waals surface area contributed by atoms with E-state index in [0.717, 1.165) is 12.0 Å². The highest BCUT2D eigenvalue weighted by molar-refractivity contribution is 5.93. The van der Waals surface area contributed by atoms with E-state index in [-0.39, 0.29) is 41.6 Å². The molecule has 3 atom stereocenters. The second-order valence-electron chi connectivity index (χ2n) is 12.1. The number of nitrogens with one attached hydrogen (secondary N) is 2. The number of carbonyl (C=O) groups excluding carboxylic acids is 2. The summed E-state index contributed by atoms with van der Waals surface area (Å²) in [6.07, 6.45) is 5.52. The molecule has 0 spiro atoms. The third kappa shape index (κ3) is 15.3. The smallest absolute Gasteiger partial charge is 0.155 e. The number of ketones is 2. The Kier molecular flexibility index (Phi) is 15.6. The zero-order valence-corrected chi connectivity index (χ0v) is 26.8. The third-order valence-electron chi connectivity index (χ3n) is 6.89. The first kappa shape index (κ1) is 36.1. The van der Waals surface area contributed by atoms with Crippen molar-refractivity contribution in [1.29, 1.82) is 0 Å². The number of hydrogen-bond acceptors (Lipinski definition) is 6. The fourth-order valence-electron chi connectivity index (χ4n) is 4.41. The van der Waals surface area contributed by atoms with E-state index in [1.54, 1.807) is 18.2 Å². The molecular formula is C35H50F2N2O4. The Morgan fingerprint density at radius 3 is 2.02 bits per heavy atom. The Bertz CT molecular complexity index is 1200. The molecule has 0 saturated heterocycles. The molecule has 43 heavy (non-hydrogen) atoms. The van der Waals surface area contributed by atoms with E-state index in [2.05, 4.69) is 24.5 Å². The Hall–Kier alpha value is -3.10. The van der Waals surface area contributed by atoms with Gasteiger partial charge in [-0.1, -0.05) is 33.8 Å². The minimum Gasteiger partial charge on any atom is -0.489 e. The monoisotopic (exact) mass is 600 g/mol. The molecule has 0 radical (unpaired) electrons. The summed E-state index contributed by atoms with van der Waals surface area (Å²) in [7, 11) is 0. The van der Waals surface area contributed by atoms with Crippen LogP contribution in [0.2, 0.25) is 0 Å². The Morgan fingerprint density at radius 1 is 0.791 bits per heavy atom. The van der Waals surface area contributed by atoms with Crippen LogP contribution in [0.15, 0.2) is 42.5 Å². The number of Topliss-reactive ketones (excluding diaryl/α,β-unsaturated/α-hetero) is 1. The number of aryl methyl sites for hydroxylation is 1. The molecular weight excluding hydrogens is 550 g/mol. The van der Waals surface area contributed by atoms with Gasteiger partial charge in [-0.05, 0) is 81.5 Å². The van der Waals surface area contributed by atoms with E-state index >= 15 is 0 Å². The third-order valence-corrected chi connectivity index (χ3v) is 6.89. The standard InChI is InChI=1S/C35H50F2N2O4/c1-23(2)35(41)14-12-29-16-31(37)20-34(18-29)43-27(7)22-39-25(5)9-8-10-32(40)13-11-28-15-30(36)19-33(17-28)42-26(6)21-38-24(3)4/h11,13,15-20,23-27,38-39H,8-10,12,14,21-22H2,1-7H3/b13-11+/t25?,26-,27-/m1/s1. The van der Waals surface area contributed by atoms with Crippen molar-refractivity contribution in [3.63, 3.8) is 0 Å². The topological polar surface area (TPSA) is 76.7 Å². The average molecular weight is 601 g/mol. The lowest BCUT2D eigenvalue weighted by Crippen LogP contribution is -2.35. The molecule has 8 heteroatoms. The van der Waals surface area contributed by atoms with E-state index in [1.165, 1.54) is 30.3 Å². The van der Waals surface area contributed by atoms with E-state index in [4.69, 9.17) is 9.47 Å². The summed E-state index contributed by atoms with van der Waals surface area (Å²) in [5, 5.41) is 6.70. The first-order valence-corrected chi connectivity index (χ1v) is 15.4. The summed E-state index contributed by atoms with van der Waals surface area (Å²) in [6.45, 7) is 14.9. The average Bonchev–Trinajstić information content (AvgIpc) is 2.92. The molecule has 0 aliphatic rings. The van der Waals surface area contributed by atoms with Gasteiger partial charge >= 0.3 is 0 Å². The Balaban J connectivity index is 1.74. The van der Waals surface area contributed by atoms with Gasteiger partial charge in [-0.2, -0.15) is 0 Å². The predicted octanol–water partition coefficient (Wildman–Crippen LogP) is 7.09. The quantitative estimate of drug-likeness (QED) is 0.158. The summed E-state index contributed by atoms with van der Waals surface area (Å²) >= 11 is 0. The lowest BCUT2D eigenvalue weighted by molar-refractivity contribution is -0.121. The maximum Gasteiger partial charge on any atom is 0.155 e. The Morgan fingerprint density at radius 2 is 1.40 bits per heavy atom. The van der Waals surface area contributed by atoms with Crippen LogP contribution in [-0.4, -0.2) is 48.9 Å². The highest BCUT2D eigenvalue weighted by Gasteiger charge is 2.12. The zero-order valence-electron chi connectivity index (χ0n) is 26.8. The summed E-state index contributed by atoms with van der Waals surface area (Å²) < 4.78 is 40.0. The molecule has 238 valence electrons. The van der Waals surface area contributed by atoms with E-state index < -0.39 is 5.82 Å². The van der Waals surface area contributed by atoms with Crippen LogP contribution in [-0.2, 0) is 16.0 Å². The van der Waals surface area contributed by atoms with Gasteiger partial charge in [0, 0.05) is 56.1 Å². The van der Waals surface area contributed by atoms with E-state index in [1.807, 2.05) is 34.6 Å². The first-order valence-electron chi connectivity index (χ1n) is 15.4. The molecule has 2 aromatic rings. The number of benzene rings is 2. The fraction of sp³-hybridized carbons (Fsp3) is 0.543. The van der Waals surface area contributed by atoms with Gasteiger partial charge < -0.3 is 20.1 Å². The number of rotatable bonds is 20. The first-order chi connectivity index (χ1) is 20.3. The van der Waals surface area contributed by atoms with Crippen LogP contribution >= 0.6 is 0 Å².